The van der Waals surface area contributed by atoms with Crippen LogP contribution < -0.4 is 5.32 Å². The standard InChI is InChI=1S/C11H18N2O4/c1-4-8(11(16)17-5-2)13-6-9(14)12-10(15)7(13)3/h7-8H,4-6H2,1-3H3,(H,12,14,15). The van der Waals surface area contributed by atoms with Gasteiger partial charge in [-0.25, -0.2) is 0 Å². The van der Waals surface area contributed by atoms with Crippen LogP contribution in [0.3, 0.4) is 0 Å². The number of ether oxygens (including phenoxy) is 1. The molecule has 2 atom stereocenters. The first kappa shape index (κ1) is 13.6. The summed E-state index contributed by atoms with van der Waals surface area (Å²) in [6, 6.07) is -1.04. The summed E-state index contributed by atoms with van der Waals surface area (Å²) in [7, 11) is 0. The molecule has 1 fully saturated rings. The molecule has 0 radical (unpaired) electrons. The smallest absolute Gasteiger partial charge is 0.323 e. The summed E-state index contributed by atoms with van der Waals surface area (Å²) in [6.07, 6.45) is 0.504. The highest BCUT2D eigenvalue weighted by Gasteiger charge is 2.37. The highest BCUT2D eigenvalue weighted by Crippen LogP contribution is 2.14. The first-order valence-electron chi connectivity index (χ1n) is 5.77. The molecule has 1 N–H and O–H groups in total. The lowest BCUT2D eigenvalue weighted by Gasteiger charge is -2.36. The van der Waals surface area contributed by atoms with Crippen molar-refractivity contribution >= 4 is 17.8 Å². The molecule has 6 heteroatoms. The van der Waals surface area contributed by atoms with Crippen molar-refractivity contribution in [3.63, 3.8) is 0 Å². The van der Waals surface area contributed by atoms with Gasteiger partial charge < -0.3 is 4.74 Å². The highest BCUT2D eigenvalue weighted by molar-refractivity contribution is 6.01. The number of rotatable bonds is 4. The molecule has 0 spiro atoms. The zero-order valence-corrected chi connectivity index (χ0v) is 10.4. The normalized spacial score (nSPS) is 23.1. The molecule has 6 nitrogen and oxygen atoms in total. The molecule has 1 saturated heterocycles. The molecule has 1 rings (SSSR count). The topological polar surface area (TPSA) is 75.7 Å². The van der Waals surface area contributed by atoms with Crippen molar-refractivity contribution < 1.29 is 19.1 Å². The van der Waals surface area contributed by atoms with E-state index in [1.807, 2.05) is 6.92 Å². The molecule has 0 bridgehead atoms. The van der Waals surface area contributed by atoms with Crippen molar-refractivity contribution in [2.24, 2.45) is 0 Å². The van der Waals surface area contributed by atoms with Gasteiger partial charge >= 0.3 is 5.97 Å². The molecule has 96 valence electrons. The highest BCUT2D eigenvalue weighted by atomic mass is 16.5. The third-order valence-electron chi connectivity index (χ3n) is 2.81. The number of esters is 1. The average molecular weight is 242 g/mol. The summed E-state index contributed by atoms with van der Waals surface area (Å²) < 4.78 is 4.94. The number of hydrogen-bond acceptors (Lipinski definition) is 5. The van der Waals surface area contributed by atoms with Crippen LogP contribution in [0.2, 0.25) is 0 Å². The van der Waals surface area contributed by atoms with E-state index in [1.165, 1.54) is 0 Å². The van der Waals surface area contributed by atoms with Crippen LogP contribution in [0.4, 0.5) is 0 Å². The minimum absolute atomic E-state index is 0.0459. The molecule has 2 amide bonds. The molecule has 17 heavy (non-hydrogen) atoms. The number of nitrogens with one attached hydrogen (secondary N) is 1. The number of hydrogen-bond donors (Lipinski definition) is 1. The van der Waals surface area contributed by atoms with Gasteiger partial charge in [0.15, 0.2) is 0 Å². The number of nitrogens with zero attached hydrogens (tertiary/aromatic N) is 1. The summed E-state index contributed by atoms with van der Waals surface area (Å²) in [4.78, 5) is 36.1. The molecule has 0 aromatic rings. The molecular formula is C11H18N2O4. The zero-order valence-electron chi connectivity index (χ0n) is 10.4. The van der Waals surface area contributed by atoms with Crippen LogP contribution in [0.25, 0.3) is 0 Å². The lowest BCUT2D eigenvalue weighted by Crippen LogP contribution is -2.61. The Bertz CT molecular complexity index is 329. The largest absolute Gasteiger partial charge is 0.465 e. The van der Waals surface area contributed by atoms with Gasteiger partial charge in [-0.05, 0) is 20.3 Å². The fraction of sp³-hybridized carbons (Fsp3) is 0.727. The Hall–Kier alpha value is -1.43. The molecule has 1 aliphatic rings. The Kier molecular flexibility index (Phi) is 4.62. The number of carbonyl (C=O) groups is 3. The first-order valence-corrected chi connectivity index (χ1v) is 5.77. The van der Waals surface area contributed by atoms with E-state index in [1.54, 1.807) is 18.7 Å². The predicted octanol–water partition coefficient (Wildman–Crippen LogP) is -0.325. The first-order chi connectivity index (χ1) is 8.01. The van der Waals surface area contributed by atoms with Gasteiger partial charge in [0.2, 0.25) is 11.8 Å². The van der Waals surface area contributed by atoms with Crippen molar-refractivity contribution in [1.29, 1.82) is 0 Å². The third kappa shape index (κ3) is 3.03. The molecule has 0 aromatic carbocycles. The average Bonchev–Trinajstić information content (AvgIpc) is 2.26. The second-order valence-corrected chi connectivity index (χ2v) is 3.94. The summed E-state index contributed by atoms with van der Waals surface area (Å²) in [5, 5.41) is 2.24. The maximum Gasteiger partial charge on any atom is 0.323 e. The van der Waals surface area contributed by atoms with Crippen LogP contribution in [0, 0.1) is 0 Å². The SMILES string of the molecule is CCOC(=O)C(CC)N1CC(=O)NC(=O)C1C. The van der Waals surface area contributed by atoms with Gasteiger partial charge in [-0.2, -0.15) is 0 Å². The second-order valence-electron chi connectivity index (χ2n) is 3.94. The molecule has 0 saturated carbocycles. The maximum atomic E-state index is 11.7. The van der Waals surface area contributed by atoms with E-state index < -0.39 is 12.1 Å². The number of carbonyl (C=O) groups excluding carboxylic acids is 3. The fourth-order valence-electron chi connectivity index (χ4n) is 1.89. The second kappa shape index (κ2) is 5.77. The summed E-state index contributed by atoms with van der Waals surface area (Å²) in [5.41, 5.74) is 0. The van der Waals surface area contributed by atoms with E-state index in [2.05, 4.69) is 5.32 Å². The molecule has 0 aromatic heterocycles. The third-order valence-corrected chi connectivity index (χ3v) is 2.81. The zero-order chi connectivity index (χ0) is 13.0. The Morgan fingerprint density at radius 1 is 1.53 bits per heavy atom. The number of piperazine rings is 1. The van der Waals surface area contributed by atoms with E-state index in [0.717, 1.165) is 0 Å². The van der Waals surface area contributed by atoms with Crippen LogP contribution in [0.5, 0.6) is 0 Å². The van der Waals surface area contributed by atoms with Gasteiger partial charge in [0.1, 0.15) is 6.04 Å². The minimum Gasteiger partial charge on any atom is -0.465 e. The molecule has 2 unspecified atom stereocenters. The van der Waals surface area contributed by atoms with Gasteiger partial charge in [0.25, 0.3) is 0 Å². The summed E-state index contributed by atoms with van der Waals surface area (Å²) in [6.45, 7) is 5.55. The summed E-state index contributed by atoms with van der Waals surface area (Å²) in [5.74, 6) is -1.14. The Balaban J connectivity index is 2.82. The molecule has 0 aliphatic carbocycles. The van der Waals surface area contributed by atoms with Gasteiger partial charge in [-0.3, -0.25) is 24.6 Å². The Morgan fingerprint density at radius 2 is 2.18 bits per heavy atom. The molecule has 1 heterocycles. The Morgan fingerprint density at radius 3 is 2.71 bits per heavy atom. The lowest BCUT2D eigenvalue weighted by atomic mass is 10.1. The van der Waals surface area contributed by atoms with E-state index in [9.17, 15) is 14.4 Å². The van der Waals surface area contributed by atoms with E-state index in [4.69, 9.17) is 4.74 Å². The van der Waals surface area contributed by atoms with Crippen LogP contribution in [0.1, 0.15) is 27.2 Å². The number of amides is 2. The van der Waals surface area contributed by atoms with Crippen LogP contribution in [0.15, 0.2) is 0 Å². The van der Waals surface area contributed by atoms with Gasteiger partial charge in [-0.1, -0.05) is 6.92 Å². The van der Waals surface area contributed by atoms with Crippen LogP contribution >= 0.6 is 0 Å². The fourth-order valence-corrected chi connectivity index (χ4v) is 1.89. The predicted molar refractivity (Wildman–Crippen MR) is 60.0 cm³/mol. The van der Waals surface area contributed by atoms with Crippen molar-refractivity contribution in [2.75, 3.05) is 13.2 Å². The van der Waals surface area contributed by atoms with Crippen LogP contribution in [-0.2, 0) is 19.1 Å². The monoisotopic (exact) mass is 242 g/mol. The van der Waals surface area contributed by atoms with E-state index >= 15 is 0 Å². The molecule has 1 aliphatic heterocycles. The van der Waals surface area contributed by atoms with E-state index in [0.29, 0.717) is 6.42 Å². The summed E-state index contributed by atoms with van der Waals surface area (Å²) >= 11 is 0. The van der Waals surface area contributed by atoms with Gasteiger partial charge in [0.05, 0.1) is 19.2 Å². The van der Waals surface area contributed by atoms with Crippen molar-refractivity contribution in [3.8, 4) is 0 Å². The minimum atomic E-state index is -0.542. The van der Waals surface area contributed by atoms with Gasteiger partial charge in [-0.15, -0.1) is 0 Å². The van der Waals surface area contributed by atoms with Crippen molar-refractivity contribution in [2.45, 2.75) is 39.3 Å². The van der Waals surface area contributed by atoms with Crippen molar-refractivity contribution in [3.05, 3.63) is 0 Å². The maximum absolute atomic E-state index is 11.7. The lowest BCUT2D eigenvalue weighted by molar-refractivity contribution is -0.154. The van der Waals surface area contributed by atoms with E-state index in [-0.39, 0.29) is 30.9 Å². The quantitative estimate of drug-likeness (QED) is 0.540. The van der Waals surface area contributed by atoms with Crippen molar-refractivity contribution in [1.82, 2.24) is 10.2 Å². The Labute approximate surface area is 100 Å². The number of imide groups is 1. The molecular weight excluding hydrogens is 224 g/mol. The van der Waals surface area contributed by atoms with Gasteiger partial charge in [0, 0.05) is 0 Å². The van der Waals surface area contributed by atoms with Crippen LogP contribution in [-0.4, -0.2) is 47.9 Å².